The Morgan fingerprint density at radius 2 is 1.95 bits per heavy atom. The molecule has 2 rings (SSSR count). The maximum atomic E-state index is 11.7. The molecule has 0 aliphatic carbocycles. The number of ether oxygens (including phenoxy) is 1. The first-order chi connectivity index (χ1) is 9.74. The summed E-state index contributed by atoms with van der Waals surface area (Å²) in [7, 11) is 0. The minimum atomic E-state index is -0.182. The van der Waals surface area contributed by atoms with Crippen molar-refractivity contribution in [1.29, 1.82) is 0 Å². The van der Waals surface area contributed by atoms with Gasteiger partial charge in [0.2, 0.25) is 0 Å². The molecule has 3 nitrogen and oxygen atoms in total. The van der Waals surface area contributed by atoms with Gasteiger partial charge < -0.3 is 4.74 Å². The normalized spacial score (nSPS) is 10.2. The summed E-state index contributed by atoms with van der Waals surface area (Å²) < 4.78 is 6.23. The van der Waals surface area contributed by atoms with Crippen LogP contribution in [0, 0.1) is 0 Å². The molecule has 0 amide bonds. The van der Waals surface area contributed by atoms with Gasteiger partial charge in [-0.1, -0.05) is 34.1 Å². The van der Waals surface area contributed by atoms with Crippen LogP contribution in [0.4, 0.5) is 0 Å². The van der Waals surface area contributed by atoms with Crippen LogP contribution in [0.2, 0.25) is 0 Å². The first-order valence-corrected chi connectivity index (χ1v) is 7.32. The highest BCUT2D eigenvalue weighted by Gasteiger charge is 2.04. The number of benzene rings is 1. The molecule has 0 fully saturated rings. The number of carbonyl (C=O) groups is 1. The standard InChI is InChI=1S/C16H16BrNO2/c17-15-7-5-13(6-8-15)11-16(19)20-10-2-4-14-3-1-9-18-12-14/h1,3,5-9,12H,2,4,10-11H2. The van der Waals surface area contributed by atoms with Crippen LogP contribution >= 0.6 is 15.9 Å². The number of halogens is 1. The molecule has 1 aromatic carbocycles. The van der Waals surface area contributed by atoms with Gasteiger partial charge in [-0.15, -0.1) is 0 Å². The van der Waals surface area contributed by atoms with Gasteiger partial charge >= 0.3 is 5.97 Å². The van der Waals surface area contributed by atoms with E-state index in [1.165, 1.54) is 0 Å². The lowest BCUT2D eigenvalue weighted by Gasteiger charge is -2.05. The summed E-state index contributed by atoms with van der Waals surface area (Å²) in [4.78, 5) is 15.7. The second-order valence-corrected chi connectivity index (χ2v) is 5.40. The monoisotopic (exact) mass is 333 g/mol. The molecule has 0 N–H and O–H groups in total. The molecule has 2 aromatic rings. The van der Waals surface area contributed by atoms with E-state index in [4.69, 9.17) is 4.74 Å². The molecule has 4 heteroatoms. The molecule has 1 aromatic heterocycles. The van der Waals surface area contributed by atoms with Crippen molar-refractivity contribution < 1.29 is 9.53 Å². The summed E-state index contributed by atoms with van der Waals surface area (Å²) in [6.45, 7) is 0.449. The average Bonchev–Trinajstić information content (AvgIpc) is 2.47. The Morgan fingerprint density at radius 1 is 1.15 bits per heavy atom. The highest BCUT2D eigenvalue weighted by atomic mass is 79.9. The van der Waals surface area contributed by atoms with E-state index in [1.807, 2.05) is 42.6 Å². The number of hydrogen-bond acceptors (Lipinski definition) is 3. The quantitative estimate of drug-likeness (QED) is 0.599. The van der Waals surface area contributed by atoms with Gasteiger partial charge in [-0.05, 0) is 42.2 Å². The molecule has 0 unspecified atom stereocenters. The Morgan fingerprint density at radius 3 is 2.65 bits per heavy atom. The zero-order valence-corrected chi connectivity index (χ0v) is 12.7. The van der Waals surface area contributed by atoms with Crippen molar-refractivity contribution in [3.63, 3.8) is 0 Å². The maximum Gasteiger partial charge on any atom is 0.310 e. The maximum absolute atomic E-state index is 11.7. The number of esters is 1. The van der Waals surface area contributed by atoms with Gasteiger partial charge in [0, 0.05) is 16.9 Å². The van der Waals surface area contributed by atoms with Crippen molar-refractivity contribution in [2.75, 3.05) is 6.61 Å². The number of pyridine rings is 1. The van der Waals surface area contributed by atoms with Crippen molar-refractivity contribution in [2.24, 2.45) is 0 Å². The van der Waals surface area contributed by atoms with Gasteiger partial charge in [-0.25, -0.2) is 0 Å². The Balaban J connectivity index is 1.66. The average molecular weight is 334 g/mol. The summed E-state index contributed by atoms with van der Waals surface area (Å²) in [6.07, 6.45) is 5.60. The molecule has 0 aliphatic heterocycles. The fraction of sp³-hybridized carbons (Fsp3) is 0.250. The number of rotatable bonds is 6. The smallest absolute Gasteiger partial charge is 0.310 e. The van der Waals surface area contributed by atoms with Crippen LogP contribution in [0.25, 0.3) is 0 Å². The Kier molecular flexibility index (Phi) is 5.74. The Hall–Kier alpha value is -1.68. The van der Waals surface area contributed by atoms with E-state index in [9.17, 15) is 4.79 Å². The highest BCUT2D eigenvalue weighted by Crippen LogP contribution is 2.11. The fourth-order valence-corrected chi connectivity index (χ4v) is 2.09. The summed E-state index contributed by atoms with van der Waals surface area (Å²) in [6, 6.07) is 11.6. The summed E-state index contributed by atoms with van der Waals surface area (Å²) in [5.41, 5.74) is 2.13. The first-order valence-electron chi connectivity index (χ1n) is 6.53. The number of carbonyl (C=O) groups excluding carboxylic acids is 1. The highest BCUT2D eigenvalue weighted by molar-refractivity contribution is 9.10. The van der Waals surface area contributed by atoms with E-state index >= 15 is 0 Å². The van der Waals surface area contributed by atoms with E-state index in [0.29, 0.717) is 13.0 Å². The Bertz CT molecular complexity index is 540. The molecule has 0 saturated heterocycles. The summed E-state index contributed by atoms with van der Waals surface area (Å²) in [5.74, 6) is -0.182. The lowest BCUT2D eigenvalue weighted by molar-refractivity contribution is -0.142. The first kappa shape index (κ1) is 14.7. The molecular formula is C16H16BrNO2. The molecule has 0 atom stereocenters. The van der Waals surface area contributed by atoms with Crippen LogP contribution in [0.3, 0.4) is 0 Å². The lowest BCUT2D eigenvalue weighted by atomic mass is 10.1. The molecule has 0 bridgehead atoms. The van der Waals surface area contributed by atoms with Crippen LogP contribution in [0.1, 0.15) is 17.5 Å². The molecule has 0 radical (unpaired) electrons. The van der Waals surface area contributed by atoms with E-state index in [0.717, 1.165) is 28.4 Å². The molecular weight excluding hydrogens is 318 g/mol. The zero-order valence-electron chi connectivity index (χ0n) is 11.1. The van der Waals surface area contributed by atoms with Crippen molar-refractivity contribution in [3.05, 3.63) is 64.4 Å². The number of hydrogen-bond donors (Lipinski definition) is 0. The largest absolute Gasteiger partial charge is 0.465 e. The van der Waals surface area contributed by atoms with Crippen LogP contribution in [0.15, 0.2) is 53.3 Å². The third-order valence-corrected chi connectivity index (χ3v) is 3.39. The van der Waals surface area contributed by atoms with Crippen LogP contribution in [-0.4, -0.2) is 17.6 Å². The van der Waals surface area contributed by atoms with E-state index < -0.39 is 0 Å². The number of aromatic nitrogens is 1. The van der Waals surface area contributed by atoms with E-state index in [-0.39, 0.29) is 5.97 Å². The number of aryl methyl sites for hydroxylation is 1. The minimum Gasteiger partial charge on any atom is -0.465 e. The van der Waals surface area contributed by atoms with Crippen molar-refractivity contribution in [3.8, 4) is 0 Å². The van der Waals surface area contributed by atoms with Gasteiger partial charge in [0.25, 0.3) is 0 Å². The third-order valence-electron chi connectivity index (χ3n) is 2.86. The topological polar surface area (TPSA) is 39.2 Å². The van der Waals surface area contributed by atoms with Crippen molar-refractivity contribution >= 4 is 21.9 Å². The van der Waals surface area contributed by atoms with Gasteiger partial charge in [-0.3, -0.25) is 9.78 Å². The molecule has 1 heterocycles. The van der Waals surface area contributed by atoms with E-state index in [1.54, 1.807) is 6.20 Å². The predicted octanol–water partition coefficient (Wildman–Crippen LogP) is 3.56. The van der Waals surface area contributed by atoms with Crippen LogP contribution in [0.5, 0.6) is 0 Å². The van der Waals surface area contributed by atoms with Crippen molar-refractivity contribution in [2.45, 2.75) is 19.3 Å². The molecule has 104 valence electrons. The SMILES string of the molecule is O=C(Cc1ccc(Br)cc1)OCCCc1cccnc1. The summed E-state index contributed by atoms with van der Waals surface area (Å²) >= 11 is 3.36. The zero-order chi connectivity index (χ0) is 14.2. The van der Waals surface area contributed by atoms with Crippen LogP contribution < -0.4 is 0 Å². The summed E-state index contributed by atoms with van der Waals surface area (Å²) in [5, 5.41) is 0. The molecule has 0 saturated carbocycles. The predicted molar refractivity (Wildman–Crippen MR) is 81.4 cm³/mol. The third kappa shape index (κ3) is 5.13. The van der Waals surface area contributed by atoms with Gasteiger partial charge in [-0.2, -0.15) is 0 Å². The van der Waals surface area contributed by atoms with Crippen LogP contribution in [-0.2, 0) is 22.4 Å². The number of nitrogens with zero attached hydrogens (tertiary/aromatic N) is 1. The molecule has 0 aliphatic rings. The second-order valence-electron chi connectivity index (χ2n) is 4.49. The van der Waals surface area contributed by atoms with Gasteiger partial charge in [0.15, 0.2) is 0 Å². The van der Waals surface area contributed by atoms with Crippen molar-refractivity contribution in [1.82, 2.24) is 4.98 Å². The Labute approximate surface area is 127 Å². The van der Waals surface area contributed by atoms with Gasteiger partial charge in [0.05, 0.1) is 13.0 Å². The molecule has 0 spiro atoms. The fourth-order valence-electron chi connectivity index (χ4n) is 1.83. The van der Waals surface area contributed by atoms with Gasteiger partial charge in [0.1, 0.15) is 0 Å². The minimum absolute atomic E-state index is 0.182. The second kappa shape index (κ2) is 7.80. The lowest BCUT2D eigenvalue weighted by Crippen LogP contribution is -2.09. The molecule has 20 heavy (non-hydrogen) atoms. The van der Waals surface area contributed by atoms with E-state index in [2.05, 4.69) is 20.9 Å².